The van der Waals surface area contributed by atoms with Gasteiger partial charge >= 0.3 is 29.6 Å². The van der Waals surface area contributed by atoms with Gasteiger partial charge < -0.3 is 24.8 Å². The number of hydrogen-bond acceptors (Lipinski definition) is 6. The zero-order valence-electron chi connectivity index (χ0n) is 14.2. The molecule has 1 fully saturated rings. The fraction of sp³-hybridized carbons (Fsp3) is 0.533. The number of rotatable bonds is 5. The van der Waals surface area contributed by atoms with Crippen molar-refractivity contribution in [3.05, 3.63) is 23.3 Å². The second kappa shape index (κ2) is 8.33. The molecule has 0 spiro atoms. The van der Waals surface area contributed by atoms with E-state index in [2.05, 4.69) is 6.58 Å². The molecule has 4 unspecified atom stereocenters. The summed E-state index contributed by atoms with van der Waals surface area (Å²) in [6.07, 6.45) is 0.869. The molecule has 4 atom stereocenters. The molecule has 6 nitrogen and oxygen atoms in total. The Bertz CT molecular complexity index is 608. The second-order valence-electron chi connectivity index (χ2n) is 5.79. The number of β-lactam (4-membered cyclic amide) rings is 1. The Morgan fingerprint density at radius 1 is 1.62 bits per heavy atom. The van der Waals surface area contributed by atoms with E-state index < -0.39 is 18.0 Å². The van der Waals surface area contributed by atoms with Gasteiger partial charge in [-0.25, -0.2) is 0 Å². The minimum atomic E-state index is -1.39. The topological polar surface area (TPSA) is 83.9 Å². The number of amides is 1. The Kier molecular flexibility index (Phi) is 7.52. The van der Waals surface area contributed by atoms with Gasteiger partial charge in [-0.15, -0.1) is 6.58 Å². The van der Waals surface area contributed by atoms with E-state index in [0.29, 0.717) is 15.8 Å². The van der Waals surface area contributed by atoms with Gasteiger partial charge in [0, 0.05) is 24.4 Å². The number of nitrogens with zero attached hydrogens (tertiary/aromatic N) is 2. The molecular weight excluding hydrogens is 359 g/mol. The van der Waals surface area contributed by atoms with E-state index in [4.69, 9.17) is 12.2 Å². The van der Waals surface area contributed by atoms with E-state index in [1.165, 1.54) is 4.90 Å². The Labute approximate surface area is 173 Å². The summed E-state index contributed by atoms with van der Waals surface area (Å²) in [6, 6.07) is -0.356. The number of aliphatic hydroxyl groups excluding tert-OH is 1. The fourth-order valence-corrected chi connectivity index (χ4v) is 4.45. The molecule has 1 N–H and O–H groups in total. The second-order valence-corrected chi connectivity index (χ2v) is 7.47. The zero-order valence-corrected chi connectivity index (χ0v) is 17.8. The van der Waals surface area contributed by atoms with Crippen LogP contribution in [0, 0.1) is 11.8 Å². The van der Waals surface area contributed by atoms with Crippen molar-refractivity contribution in [2.45, 2.75) is 26.0 Å². The number of carbonyl (C=O) groups excluding carboxylic acids is 2. The van der Waals surface area contributed by atoms with Gasteiger partial charge in [0.25, 0.3) is 0 Å². The number of carboxylic acid groups (broad SMARTS) is 1. The molecular formula is C15H19N2NaO4S2. The maximum atomic E-state index is 12.2. The van der Waals surface area contributed by atoms with Gasteiger partial charge in [-0.2, -0.15) is 0 Å². The van der Waals surface area contributed by atoms with Crippen LogP contribution in [-0.2, 0) is 9.59 Å². The van der Waals surface area contributed by atoms with E-state index >= 15 is 0 Å². The number of carbonyl (C=O) groups is 2. The first-order valence-electron chi connectivity index (χ1n) is 7.22. The van der Waals surface area contributed by atoms with Crippen LogP contribution in [0.4, 0.5) is 0 Å². The van der Waals surface area contributed by atoms with Gasteiger partial charge in [-0.3, -0.25) is 4.79 Å². The molecule has 0 aromatic carbocycles. The molecule has 0 bridgehead atoms. The molecule has 1 saturated heterocycles. The molecule has 2 heterocycles. The molecule has 0 aromatic heterocycles. The Balaban J connectivity index is 0.00000288. The number of carboxylic acids is 1. The van der Waals surface area contributed by atoms with E-state index in [9.17, 15) is 19.8 Å². The van der Waals surface area contributed by atoms with Crippen molar-refractivity contribution in [2.24, 2.45) is 11.8 Å². The molecule has 2 rings (SSSR count). The van der Waals surface area contributed by atoms with Gasteiger partial charge in [-0.1, -0.05) is 37.0 Å². The predicted octanol–water partition coefficient (Wildman–Crippen LogP) is -3.05. The summed E-state index contributed by atoms with van der Waals surface area (Å²) in [5, 5.41) is 21.3. The fourth-order valence-electron chi connectivity index (χ4n) is 3.09. The Hall–Kier alpha value is -0.380. The van der Waals surface area contributed by atoms with E-state index in [0.717, 1.165) is 11.8 Å². The van der Waals surface area contributed by atoms with Crippen LogP contribution < -0.4 is 34.7 Å². The average Bonchev–Trinajstić information content (AvgIpc) is 2.69. The zero-order chi connectivity index (χ0) is 17.5. The molecule has 0 aliphatic carbocycles. The number of aliphatic carboxylic acids is 1. The number of fused-ring (bicyclic) bond motifs is 1. The predicted molar refractivity (Wildman–Crippen MR) is 90.0 cm³/mol. The minimum absolute atomic E-state index is 0. The molecule has 1 amide bonds. The summed E-state index contributed by atoms with van der Waals surface area (Å²) in [4.78, 5) is 27.2. The summed E-state index contributed by atoms with van der Waals surface area (Å²) in [5.41, 5.74) is -0.122. The largest absolute Gasteiger partial charge is 1.00 e. The number of hydrogen-bond donors (Lipinski definition) is 1. The van der Waals surface area contributed by atoms with Crippen LogP contribution >= 0.6 is 24.0 Å². The first-order chi connectivity index (χ1) is 10.7. The Morgan fingerprint density at radius 3 is 2.67 bits per heavy atom. The normalized spacial score (nSPS) is 26.2. The van der Waals surface area contributed by atoms with E-state index in [1.807, 2.05) is 6.92 Å². The van der Waals surface area contributed by atoms with Crippen LogP contribution in [-0.4, -0.2) is 56.8 Å². The molecule has 9 heteroatoms. The van der Waals surface area contributed by atoms with Gasteiger partial charge in [0.2, 0.25) is 5.91 Å². The van der Waals surface area contributed by atoms with Gasteiger partial charge in [0.15, 0.2) is 0 Å². The molecule has 0 aromatic rings. The third-order valence-corrected chi connectivity index (χ3v) is 6.05. The number of thiocarbonyl (C=S) groups is 1. The van der Waals surface area contributed by atoms with Gasteiger partial charge in [0.1, 0.15) is 4.32 Å². The third-order valence-electron chi connectivity index (χ3n) is 4.21. The Morgan fingerprint density at radius 2 is 2.21 bits per heavy atom. The van der Waals surface area contributed by atoms with Crippen LogP contribution in [0.1, 0.15) is 13.8 Å². The van der Waals surface area contributed by atoms with Crippen molar-refractivity contribution in [2.75, 3.05) is 13.6 Å². The molecule has 2 aliphatic rings. The van der Waals surface area contributed by atoms with Crippen molar-refractivity contribution in [3.63, 3.8) is 0 Å². The number of thioether (sulfide) groups is 1. The van der Waals surface area contributed by atoms with Crippen molar-refractivity contribution in [3.8, 4) is 0 Å². The summed E-state index contributed by atoms with van der Waals surface area (Å²) in [7, 11) is 1.79. The summed E-state index contributed by atoms with van der Waals surface area (Å²) in [5.74, 6) is -2.58. The van der Waals surface area contributed by atoms with Crippen molar-refractivity contribution in [1.82, 2.24) is 9.80 Å². The number of aliphatic hydroxyl groups is 1. The van der Waals surface area contributed by atoms with Crippen molar-refractivity contribution < 1.29 is 49.4 Å². The van der Waals surface area contributed by atoms with Crippen molar-refractivity contribution >= 4 is 40.2 Å². The van der Waals surface area contributed by atoms with Crippen LogP contribution in [0.2, 0.25) is 0 Å². The summed E-state index contributed by atoms with van der Waals surface area (Å²) in [6.45, 7) is 7.56. The third kappa shape index (κ3) is 3.59. The average molecular weight is 378 g/mol. The molecule has 126 valence electrons. The molecule has 2 aliphatic heterocycles. The van der Waals surface area contributed by atoms with Crippen LogP contribution in [0.3, 0.4) is 0 Å². The quantitative estimate of drug-likeness (QED) is 0.235. The van der Waals surface area contributed by atoms with Crippen LogP contribution in [0.5, 0.6) is 0 Å². The maximum Gasteiger partial charge on any atom is 1.00 e. The molecule has 0 saturated carbocycles. The summed E-state index contributed by atoms with van der Waals surface area (Å²) >= 11 is 6.48. The maximum absolute atomic E-state index is 12.2. The number of likely N-dealkylation sites (N-methyl/N-ethyl adjacent to an activating group) is 1. The molecule has 0 radical (unpaired) electrons. The van der Waals surface area contributed by atoms with E-state index in [1.54, 1.807) is 24.9 Å². The van der Waals surface area contributed by atoms with Crippen molar-refractivity contribution in [1.29, 1.82) is 0 Å². The first-order valence-corrected chi connectivity index (χ1v) is 8.45. The summed E-state index contributed by atoms with van der Waals surface area (Å²) < 4.78 is 0.494. The minimum Gasteiger partial charge on any atom is -0.543 e. The SMILES string of the molecule is C=CCN(C)C(=S)SC1=C(C(=O)[O-])N2C(=O)C(C(C)O)C2C1C.[Na+]. The smallest absolute Gasteiger partial charge is 0.543 e. The first kappa shape index (κ1) is 21.7. The monoisotopic (exact) mass is 378 g/mol. The standard InChI is InChI=1S/C15H20N2O4S2.Na/c1-5-6-16(4)15(22)23-12-7(2)10-9(8(3)18)13(19)17(10)11(12)14(20)21;/h5,7-10,18H,1,6H2,2-4H3,(H,20,21);/q;+1/p-1. The van der Waals surface area contributed by atoms with Gasteiger partial charge in [0.05, 0.1) is 29.7 Å². The van der Waals surface area contributed by atoms with Crippen LogP contribution in [0.15, 0.2) is 23.3 Å². The van der Waals surface area contributed by atoms with Gasteiger partial charge in [-0.05, 0) is 6.92 Å². The van der Waals surface area contributed by atoms with E-state index in [-0.39, 0.29) is 53.1 Å². The molecule has 24 heavy (non-hydrogen) atoms. The van der Waals surface area contributed by atoms with Crippen LogP contribution in [0.25, 0.3) is 0 Å².